The summed E-state index contributed by atoms with van der Waals surface area (Å²) in [6.07, 6.45) is 4.52. The monoisotopic (exact) mass is 394 g/mol. The topological polar surface area (TPSA) is 23.6 Å². The van der Waals surface area contributed by atoms with Crippen molar-refractivity contribution >= 4 is 30.2 Å². The Morgan fingerprint density at radius 1 is 0.750 bits per heavy atom. The minimum atomic E-state index is -2.79. The molecule has 3 nitrogen and oxygen atoms in total. The third kappa shape index (κ3) is 5.29. The Labute approximate surface area is 156 Å². The van der Waals surface area contributed by atoms with E-state index in [1.165, 1.54) is 4.23 Å². The molecule has 0 rings (SSSR count). The molecule has 0 atom stereocenters. The van der Waals surface area contributed by atoms with E-state index >= 15 is 4.57 Å². The summed E-state index contributed by atoms with van der Waals surface area (Å²) in [7, 11) is -4.47. The van der Waals surface area contributed by atoms with E-state index in [0.29, 0.717) is 0 Å². The van der Waals surface area contributed by atoms with E-state index in [-0.39, 0.29) is 34.7 Å². The summed E-state index contributed by atoms with van der Waals surface area (Å²) in [5.41, 5.74) is 0. The molecular weight excluding hydrogens is 351 g/mol. The summed E-state index contributed by atoms with van der Waals surface area (Å²) in [4.78, 5) is 0. The van der Waals surface area contributed by atoms with E-state index in [4.69, 9.17) is 0 Å². The van der Waals surface area contributed by atoms with Crippen molar-refractivity contribution in [1.82, 2.24) is 9.34 Å². The Morgan fingerprint density at radius 3 is 1.12 bits per heavy atom. The van der Waals surface area contributed by atoms with Crippen molar-refractivity contribution in [2.24, 2.45) is 0 Å². The van der Waals surface area contributed by atoms with Crippen molar-refractivity contribution in [3.63, 3.8) is 0 Å². The van der Waals surface area contributed by atoms with E-state index in [0.717, 1.165) is 0 Å². The van der Waals surface area contributed by atoms with Crippen LogP contribution in [-0.2, 0) is 4.57 Å². The second kappa shape index (κ2) is 8.99. The van der Waals surface area contributed by atoms with Gasteiger partial charge in [0, 0.05) is 28.4 Å². The van der Waals surface area contributed by atoms with Gasteiger partial charge in [-0.3, -0.25) is 4.57 Å². The summed E-state index contributed by atoms with van der Waals surface area (Å²) in [6, 6.07) is 1.02. The Hall–Kier alpha value is 0.587. The molecule has 0 unspecified atom stereocenters. The molecule has 0 aliphatic heterocycles. The van der Waals surface area contributed by atoms with E-state index in [1.807, 2.05) is 0 Å². The van der Waals surface area contributed by atoms with Crippen molar-refractivity contribution < 1.29 is 4.57 Å². The van der Waals surface area contributed by atoms with Gasteiger partial charge >= 0.3 is 0 Å². The quantitative estimate of drug-likeness (QED) is 0.288. The van der Waals surface area contributed by atoms with Crippen LogP contribution in [0.25, 0.3) is 0 Å². The molecule has 0 heterocycles. The van der Waals surface area contributed by atoms with Gasteiger partial charge in [0.15, 0.2) is 0 Å². The predicted octanol–water partition coefficient (Wildman–Crippen LogP) is 5.95. The van der Waals surface area contributed by atoms with Crippen LogP contribution in [-0.4, -0.2) is 58.3 Å². The number of hydrogen-bond donors (Lipinski definition) is 0. The summed E-state index contributed by atoms with van der Waals surface area (Å²) in [6.45, 7) is 24.6. The van der Waals surface area contributed by atoms with Crippen LogP contribution in [0.2, 0.25) is 19.6 Å². The smallest absolute Gasteiger partial charge is 0.244 e. The maximum absolute atomic E-state index is 15.0. The molecule has 0 aliphatic rings. The largest absolute Gasteiger partial charge is 0.284 e. The molecule has 0 N–H and O–H groups in total. The van der Waals surface area contributed by atoms with Crippen LogP contribution >= 0.6 is 17.9 Å². The van der Waals surface area contributed by atoms with Gasteiger partial charge in [-0.15, -0.1) is 0 Å². The zero-order valence-corrected chi connectivity index (χ0v) is 21.2. The molecule has 0 saturated heterocycles. The third-order valence-corrected chi connectivity index (χ3v) is 17.5. The molecule has 0 spiro atoms. The number of hydrogen-bond acceptors (Lipinski definition) is 1. The van der Waals surface area contributed by atoms with Crippen molar-refractivity contribution in [3.8, 4) is 0 Å². The lowest BCUT2D eigenvalue weighted by Gasteiger charge is -2.50. The summed E-state index contributed by atoms with van der Waals surface area (Å²) >= 11 is 0. The first-order chi connectivity index (χ1) is 10.6. The molecule has 0 fully saturated rings. The fourth-order valence-electron chi connectivity index (χ4n) is 4.06. The molecule has 0 aromatic rings. The van der Waals surface area contributed by atoms with E-state index in [2.05, 4.69) is 96.9 Å². The highest BCUT2D eigenvalue weighted by molar-refractivity contribution is 8.26. The van der Waals surface area contributed by atoms with E-state index < -0.39 is 15.5 Å². The predicted molar refractivity (Wildman–Crippen MR) is 120 cm³/mol. The molecule has 24 heavy (non-hydrogen) atoms. The van der Waals surface area contributed by atoms with Gasteiger partial charge in [0.05, 0.1) is 8.07 Å². The fraction of sp³-hybridized carbons (Fsp3) is 0.944. The lowest BCUT2D eigenvalue weighted by molar-refractivity contribution is 0.233. The van der Waals surface area contributed by atoms with Gasteiger partial charge in [0.2, 0.25) is 7.44 Å². The van der Waals surface area contributed by atoms with Crippen LogP contribution < -0.4 is 0 Å². The van der Waals surface area contributed by atoms with Gasteiger partial charge in [-0.2, -0.15) is 10.5 Å². The molecule has 0 aromatic heterocycles. The van der Waals surface area contributed by atoms with Gasteiger partial charge in [-0.25, -0.2) is 9.34 Å². The Kier molecular flexibility index (Phi) is 9.21. The molecule has 6 heteroatoms. The zero-order valence-electron chi connectivity index (χ0n) is 18.5. The van der Waals surface area contributed by atoms with Gasteiger partial charge in [-0.1, -0.05) is 19.6 Å². The van der Waals surface area contributed by atoms with Gasteiger partial charge in [0.25, 0.3) is 0 Å². The lowest BCUT2D eigenvalue weighted by Crippen LogP contribution is -2.51. The highest BCUT2D eigenvalue weighted by Crippen LogP contribution is 2.62. The Morgan fingerprint density at radius 2 is 1.00 bits per heavy atom. The second-order valence-electron chi connectivity index (χ2n) is 9.05. The van der Waals surface area contributed by atoms with Crippen molar-refractivity contribution in [2.45, 2.75) is 99.2 Å². The van der Waals surface area contributed by atoms with Crippen molar-refractivity contribution in [2.75, 3.05) is 12.5 Å². The number of rotatable bonds is 8. The SMILES string of the molecule is CC(C)N(C(C)C)P(=O)(C(=S(C)C)[Si](C)(C)C)N(C(C)C)C(C)C. The molecule has 0 aromatic carbocycles. The lowest BCUT2D eigenvalue weighted by atomic mass is 10.3. The Bertz CT molecular complexity index is 452. The zero-order chi connectivity index (χ0) is 19.6. The first-order valence-electron chi connectivity index (χ1n) is 9.23. The van der Waals surface area contributed by atoms with Crippen LogP contribution in [0, 0.1) is 0 Å². The van der Waals surface area contributed by atoms with Gasteiger partial charge in [-0.05, 0) is 67.9 Å². The van der Waals surface area contributed by atoms with Crippen LogP contribution in [0.1, 0.15) is 55.4 Å². The standard InChI is InChI=1S/C18H43N2OPSSi/c1-14(2)19(15(3)4)22(21,20(16(5)6)17(7)8)18(23(9)10)24(11,12)13/h14-17H,1-13H3. The Balaban J connectivity index is 6.95. The maximum atomic E-state index is 15.0. The minimum Gasteiger partial charge on any atom is -0.284 e. The molecule has 146 valence electrons. The van der Waals surface area contributed by atoms with E-state index in [1.54, 1.807) is 0 Å². The van der Waals surface area contributed by atoms with Crippen LogP contribution in [0.4, 0.5) is 0 Å². The van der Waals surface area contributed by atoms with Gasteiger partial charge < -0.3 is 0 Å². The second-order valence-corrected chi connectivity index (χ2v) is 19.6. The van der Waals surface area contributed by atoms with Crippen molar-refractivity contribution in [3.05, 3.63) is 0 Å². The highest BCUT2D eigenvalue weighted by atomic mass is 32.2. The first kappa shape index (κ1) is 24.6. The summed E-state index contributed by atoms with van der Waals surface area (Å²) in [5, 5.41) is 0. The normalized spacial score (nSPS) is 14.3. The van der Waals surface area contributed by atoms with E-state index in [9.17, 15) is 0 Å². The molecule has 0 radical (unpaired) electrons. The fourth-order valence-corrected chi connectivity index (χ4v) is 18.8. The maximum Gasteiger partial charge on any atom is 0.244 e. The van der Waals surface area contributed by atoms with Crippen LogP contribution in [0.15, 0.2) is 0 Å². The third-order valence-electron chi connectivity index (χ3n) is 4.04. The molecule has 0 aliphatic carbocycles. The van der Waals surface area contributed by atoms with Crippen LogP contribution in [0.3, 0.4) is 0 Å². The number of nitrogens with zero attached hydrogens (tertiary/aromatic N) is 2. The molecular formula is C18H43N2OPSSi. The summed E-state index contributed by atoms with van der Waals surface area (Å²) in [5.74, 6) is 0. The minimum absolute atomic E-state index is 0.0324. The average Bonchev–Trinajstić information content (AvgIpc) is 2.21. The molecule has 0 bridgehead atoms. The van der Waals surface area contributed by atoms with Crippen LogP contribution in [0.5, 0.6) is 0 Å². The molecule has 0 saturated carbocycles. The van der Waals surface area contributed by atoms with Crippen molar-refractivity contribution in [1.29, 1.82) is 0 Å². The summed E-state index contributed by atoms with van der Waals surface area (Å²) < 4.78 is 21.0. The molecule has 0 amide bonds. The average molecular weight is 395 g/mol. The highest BCUT2D eigenvalue weighted by Gasteiger charge is 2.49. The van der Waals surface area contributed by atoms with Gasteiger partial charge in [0.1, 0.15) is 0 Å². The first-order valence-corrected chi connectivity index (χ1v) is 16.4.